The summed E-state index contributed by atoms with van der Waals surface area (Å²) in [4.78, 5) is 30.9. The van der Waals surface area contributed by atoms with Gasteiger partial charge in [0.1, 0.15) is 6.10 Å². The fourth-order valence-electron chi connectivity index (χ4n) is 3.83. The second kappa shape index (κ2) is 7.73. The van der Waals surface area contributed by atoms with Crippen molar-refractivity contribution in [3.05, 3.63) is 11.7 Å². The quantitative estimate of drug-likeness (QED) is 0.854. The molecule has 0 unspecified atom stereocenters. The van der Waals surface area contributed by atoms with Gasteiger partial charge in [0.2, 0.25) is 11.8 Å². The van der Waals surface area contributed by atoms with Crippen molar-refractivity contribution in [3.8, 4) is 0 Å². The Morgan fingerprint density at radius 1 is 1.08 bits per heavy atom. The maximum absolute atomic E-state index is 12.4. The summed E-state index contributed by atoms with van der Waals surface area (Å²) < 4.78 is 10.7. The number of carbonyl (C=O) groups excluding carboxylic acids is 2. The topological polar surface area (TPSA) is 97.6 Å². The van der Waals surface area contributed by atoms with Crippen LogP contribution in [-0.4, -0.2) is 46.6 Å². The average molecular weight is 362 g/mol. The molecule has 2 saturated heterocycles. The van der Waals surface area contributed by atoms with Crippen molar-refractivity contribution in [1.29, 1.82) is 0 Å². The lowest BCUT2D eigenvalue weighted by Crippen LogP contribution is -2.46. The first kappa shape index (κ1) is 17.5. The van der Waals surface area contributed by atoms with E-state index < -0.39 is 0 Å². The van der Waals surface area contributed by atoms with Crippen LogP contribution in [0.4, 0.5) is 0 Å². The van der Waals surface area contributed by atoms with Gasteiger partial charge >= 0.3 is 0 Å². The van der Waals surface area contributed by atoms with Gasteiger partial charge in [-0.25, -0.2) is 0 Å². The largest absolute Gasteiger partial charge is 0.368 e. The van der Waals surface area contributed by atoms with Crippen LogP contribution in [0.5, 0.6) is 0 Å². The van der Waals surface area contributed by atoms with Crippen LogP contribution in [0.1, 0.15) is 62.8 Å². The molecule has 26 heavy (non-hydrogen) atoms. The lowest BCUT2D eigenvalue weighted by Gasteiger charge is -2.36. The third-order valence-electron chi connectivity index (χ3n) is 5.74. The molecule has 1 aliphatic carbocycles. The first-order valence-corrected chi connectivity index (χ1v) is 9.71. The molecule has 1 saturated carbocycles. The molecule has 0 spiro atoms. The fraction of sp³-hybridized carbons (Fsp3) is 0.778. The van der Waals surface area contributed by atoms with Crippen molar-refractivity contribution in [2.75, 3.05) is 19.7 Å². The Labute approximate surface area is 152 Å². The molecule has 3 heterocycles. The Balaban J connectivity index is 1.21. The van der Waals surface area contributed by atoms with Crippen molar-refractivity contribution in [3.63, 3.8) is 0 Å². The van der Waals surface area contributed by atoms with E-state index in [1.54, 1.807) is 0 Å². The van der Waals surface area contributed by atoms with Crippen molar-refractivity contribution < 1.29 is 18.8 Å². The Morgan fingerprint density at radius 2 is 1.88 bits per heavy atom. The van der Waals surface area contributed by atoms with Crippen LogP contribution in [0, 0.1) is 11.8 Å². The summed E-state index contributed by atoms with van der Waals surface area (Å²) in [6.07, 6.45) is 6.45. The minimum absolute atomic E-state index is 0.00390. The molecule has 3 aliphatic rings. The predicted octanol–water partition coefficient (Wildman–Crippen LogP) is 1.58. The Kier molecular flexibility index (Phi) is 5.19. The molecule has 1 aromatic heterocycles. The van der Waals surface area contributed by atoms with Crippen molar-refractivity contribution in [2.24, 2.45) is 11.8 Å². The van der Waals surface area contributed by atoms with Gasteiger partial charge in [-0.3, -0.25) is 9.59 Å². The van der Waals surface area contributed by atoms with Crippen molar-refractivity contribution >= 4 is 11.8 Å². The highest BCUT2D eigenvalue weighted by atomic mass is 16.5. The van der Waals surface area contributed by atoms with Gasteiger partial charge in [0, 0.05) is 31.5 Å². The standard InChI is InChI=1S/C18H26N4O4/c23-16(12-6-8-22(9-7-12)18(24)13-3-1-4-13)19-11-15-20-17(26-21-15)14-5-2-10-25-14/h12-14H,1-11H2,(H,19,23)/t14-/m1/s1. The van der Waals surface area contributed by atoms with E-state index >= 15 is 0 Å². The summed E-state index contributed by atoms with van der Waals surface area (Å²) in [6.45, 7) is 2.34. The molecule has 1 atom stereocenters. The smallest absolute Gasteiger partial charge is 0.255 e. The monoisotopic (exact) mass is 362 g/mol. The van der Waals surface area contributed by atoms with E-state index in [1.165, 1.54) is 6.42 Å². The molecule has 0 bridgehead atoms. The van der Waals surface area contributed by atoms with Crippen LogP contribution in [0.15, 0.2) is 4.52 Å². The minimum atomic E-state index is -0.107. The van der Waals surface area contributed by atoms with Gasteiger partial charge in [0.15, 0.2) is 5.82 Å². The van der Waals surface area contributed by atoms with Gasteiger partial charge in [-0.2, -0.15) is 4.98 Å². The molecule has 8 heteroatoms. The summed E-state index contributed by atoms with van der Waals surface area (Å²) in [5.41, 5.74) is 0. The van der Waals surface area contributed by atoms with E-state index in [0.717, 1.165) is 45.1 Å². The third kappa shape index (κ3) is 3.75. The molecule has 2 amide bonds. The van der Waals surface area contributed by atoms with E-state index in [2.05, 4.69) is 15.5 Å². The van der Waals surface area contributed by atoms with Crippen LogP contribution in [0.2, 0.25) is 0 Å². The lowest BCUT2D eigenvalue weighted by atomic mass is 9.83. The zero-order valence-electron chi connectivity index (χ0n) is 15.0. The second-order valence-electron chi connectivity index (χ2n) is 7.50. The molecule has 4 rings (SSSR count). The molecular weight excluding hydrogens is 336 g/mol. The minimum Gasteiger partial charge on any atom is -0.368 e. The Morgan fingerprint density at radius 3 is 2.54 bits per heavy atom. The maximum atomic E-state index is 12.4. The number of nitrogens with zero attached hydrogens (tertiary/aromatic N) is 3. The highest BCUT2D eigenvalue weighted by Gasteiger charge is 2.33. The second-order valence-corrected chi connectivity index (χ2v) is 7.50. The van der Waals surface area contributed by atoms with Gasteiger partial charge in [0.25, 0.3) is 5.89 Å². The van der Waals surface area contributed by atoms with E-state index in [-0.39, 0.29) is 36.3 Å². The maximum Gasteiger partial charge on any atom is 0.255 e. The van der Waals surface area contributed by atoms with Gasteiger partial charge < -0.3 is 19.5 Å². The van der Waals surface area contributed by atoms with Crippen LogP contribution in [0.25, 0.3) is 0 Å². The number of hydrogen-bond acceptors (Lipinski definition) is 6. The molecule has 0 aromatic carbocycles. The van der Waals surface area contributed by atoms with Gasteiger partial charge in [-0.1, -0.05) is 11.6 Å². The predicted molar refractivity (Wildman–Crippen MR) is 90.7 cm³/mol. The van der Waals surface area contributed by atoms with Gasteiger partial charge in [-0.05, 0) is 38.5 Å². The SMILES string of the molecule is O=C(NCc1noc([C@H]2CCCO2)n1)C1CCN(C(=O)C2CCC2)CC1. The fourth-order valence-corrected chi connectivity index (χ4v) is 3.83. The molecule has 1 N–H and O–H groups in total. The molecule has 2 aliphatic heterocycles. The number of ether oxygens (including phenoxy) is 1. The first-order valence-electron chi connectivity index (χ1n) is 9.71. The number of rotatable bonds is 5. The number of hydrogen-bond donors (Lipinski definition) is 1. The Bertz CT molecular complexity index is 643. The van der Waals surface area contributed by atoms with Crippen molar-refractivity contribution in [2.45, 2.75) is 57.6 Å². The number of nitrogens with one attached hydrogen (secondary N) is 1. The highest BCUT2D eigenvalue weighted by Crippen LogP contribution is 2.30. The number of carbonyl (C=O) groups is 2. The first-order chi connectivity index (χ1) is 12.7. The highest BCUT2D eigenvalue weighted by molar-refractivity contribution is 5.81. The number of likely N-dealkylation sites (tertiary alicyclic amines) is 1. The van der Waals surface area contributed by atoms with E-state index in [4.69, 9.17) is 9.26 Å². The van der Waals surface area contributed by atoms with Crippen LogP contribution in [-0.2, 0) is 20.9 Å². The van der Waals surface area contributed by atoms with Gasteiger partial charge in [0.05, 0.1) is 6.54 Å². The van der Waals surface area contributed by atoms with Crippen molar-refractivity contribution in [1.82, 2.24) is 20.4 Å². The van der Waals surface area contributed by atoms with Crippen LogP contribution in [0.3, 0.4) is 0 Å². The molecule has 1 aromatic rings. The summed E-state index contributed by atoms with van der Waals surface area (Å²) >= 11 is 0. The summed E-state index contributed by atoms with van der Waals surface area (Å²) in [5, 5.41) is 6.81. The summed E-state index contributed by atoms with van der Waals surface area (Å²) in [7, 11) is 0. The molecule has 3 fully saturated rings. The third-order valence-corrected chi connectivity index (χ3v) is 5.74. The average Bonchev–Trinajstić information content (AvgIpc) is 3.29. The number of aromatic nitrogens is 2. The summed E-state index contributed by atoms with van der Waals surface area (Å²) in [5.74, 6) is 1.44. The van der Waals surface area contributed by atoms with Crippen LogP contribution < -0.4 is 5.32 Å². The zero-order chi connectivity index (χ0) is 17.9. The normalized spacial score (nSPS) is 24.5. The lowest BCUT2D eigenvalue weighted by molar-refractivity contribution is -0.141. The summed E-state index contributed by atoms with van der Waals surface area (Å²) in [6, 6.07) is 0. The van der Waals surface area contributed by atoms with E-state index in [0.29, 0.717) is 24.8 Å². The number of piperidine rings is 1. The molecule has 8 nitrogen and oxygen atoms in total. The molecule has 0 radical (unpaired) electrons. The van der Waals surface area contributed by atoms with Crippen LogP contribution >= 0.6 is 0 Å². The molecular formula is C18H26N4O4. The molecule has 142 valence electrons. The Hall–Kier alpha value is -1.96. The van der Waals surface area contributed by atoms with E-state index in [9.17, 15) is 9.59 Å². The number of amides is 2. The zero-order valence-corrected chi connectivity index (χ0v) is 15.0. The van der Waals surface area contributed by atoms with Gasteiger partial charge in [-0.15, -0.1) is 0 Å². The van der Waals surface area contributed by atoms with E-state index in [1.807, 2.05) is 4.90 Å².